The van der Waals surface area contributed by atoms with E-state index in [1.807, 2.05) is 0 Å². The van der Waals surface area contributed by atoms with Crippen LogP contribution in [0.4, 0.5) is 0 Å². The lowest BCUT2D eigenvalue weighted by molar-refractivity contribution is 0.0807. The summed E-state index contributed by atoms with van der Waals surface area (Å²) in [4.78, 5) is 12.4. The van der Waals surface area contributed by atoms with Crippen LogP contribution in [0.1, 0.15) is 36.0 Å². The summed E-state index contributed by atoms with van der Waals surface area (Å²) in [6.45, 7) is 0.375. The van der Waals surface area contributed by atoms with Crippen LogP contribution in [0.15, 0.2) is 24.3 Å². The van der Waals surface area contributed by atoms with Crippen molar-refractivity contribution in [3.8, 4) is 5.75 Å². The van der Waals surface area contributed by atoms with E-state index in [-0.39, 0.29) is 11.5 Å². The molecule has 3 N–H and O–H groups in total. The molecule has 3 nitrogen and oxygen atoms in total. The zero-order valence-electron chi connectivity index (χ0n) is 9.28. The topological polar surface area (TPSA) is 63.3 Å². The van der Waals surface area contributed by atoms with Gasteiger partial charge in [-0.3, -0.25) is 4.79 Å². The highest BCUT2D eigenvalue weighted by Crippen LogP contribution is 2.41. The lowest BCUT2D eigenvalue weighted by Gasteiger charge is -2.25. The maximum atomic E-state index is 12.4. The van der Waals surface area contributed by atoms with Gasteiger partial charge in [-0.2, -0.15) is 0 Å². The monoisotopic (exact) mass is 219 g/mol. The molecule has 3 heteroatoms. The van der Waals surface area contributed by atoms with E-state index in [2.05, 4.69) is 0 Å². The molecular weight excluding hydrogens is 202 g/mol. The lowest BCUT2D eigenvalue weighted by Crippen LogP contribution is -2.36. The summed E-state index contributed by atoms with van der Waals surface area (Å²) in [7, 11) is 0. The van der Waals surface area contributed by atoms with E-state index in [1.165, 1.54) is 0 Å². The Kier molecular flexibility index (Phi) is 2.97. The smallest absolute Gasteiger partial charge is 0.173 e. The van der Waals surface area contributed by atoms with Crippen molar-refractivity contribution in [2.45, 2.75) is 25.7 Å². The Morgan fingerprint density at radius 3 is 2.50 bits per heavy atom. The van der Waals surface area contributed by atoms with E-state index in [1.54, 1.807) is 24.3 Å². The Balaban J connectivity index is 2.34. The fourth-order valence-corrected chi connectivity index (χ4v) is 2.53. The number of aromatic hydroxyl groups is 1. The Morgan fingerprint density at radius 1 is 1.31 bits per heavy atom. The summed E-state index contributed by atoms with van der Waals surface area (Å²) in [6, 6.07) is 6.71. The third kappa shape index (κ3) is 1.71. The molecule has 0 spiro atoms. The third-order valence-electron chi connectivity index (χ3n) is 3.58. The first-order chi connectivity index (χ1) is 7.69. The molecule has 2 rings (SSSR count). The molecule has 0 radical (unpaired) electrons. The van der Waals surface area contributed by atoms with Crippen molar-refractivity contribution in [1.29, 1.82) is 0 Å². The van der Waals surface area contributed by atoms with Crippen molar-refractivity contribution in [1.82, 2.24) is 0 Å². The second-order valence-corrected chi connectivity index (χ2v) is 4.54. The van der Waals surface area contributed by atoms with Crippen molar-refractivity contribution in [3.63, 3.8) is 0 Å². The van der Waals surface area contributed by atoms with Gasteiger partial charge in [0.05, 0.1) is 5.56 Å². The van der Waals surface area contributed by atoms with Crippen molar-refractivity contribution < 1.29 is 9.90 Å². The summed E-state index contributed by atoms with van der Waals surface area (Å²) >= 11 is 0. The number of para-hydroxylation sites is 1. The molecule has 1 aliphatic rings. The van der Waals surface area contributed by atoms with Crippen LogP contribution in [0.3, 0.4) is 0 Å². The number of carbonyl (C=O) groups excluding carboxylic acids is 1. The molecule has 0 aromatic heterocycles. The quantitative estimate of drug-likeness (QED) is 0.765. The van der Waals surface area contributed by atoms with Crippen LogP contribution >= 0.6 is 0 Å². The number of Topliss-reactive ketones (excluding diaryl/α,β-unsaturated/α-hetero) is 1. The number of hydrogen-bond donors (Lipinski definition) is 2. The molecule has 16 heavy (non-hydrogen) atoms. The summed E-state index contributed by atoms with van der Waals surface area (Å²) in [5, 5.41) is 9.69. The van der Waals surface area contributed by atoms with Crippen molar-refractivity contribution >= 4 is 5.78 Å². The number of phenolic OH excluding ortho intramolecular Hbond substituents is 1. The van der Waals surface area contributed by atoms with E-state index in [0.29, 0.717) is 12.1 Å². The van der Waals surface area contributed by atoms with Crippen LogP contribution in [-0.2, 0) is 0 Å². The maximum absolute atomic E-state index is 12.4. The number of hydrogen-bond acceptors (Lipinski definition) is 3. The third-order valence-corrected chi connectivity index (χ3v) is 3.58. The predicted molar refractivity (Wildman–Crippen MR) is 62.4 cm³/mol. The second kappa shape index (κ2) is 4.26. The molecule has 0 heterocycles. The first-order valence-corrected chi connectivity index (χ1v) is 5.72. The van der Waals surface area contributed by atoms with Crippen LogP contribution in [0, 0.1) is 5.41 Å². The van der Waals surface area contributed by atoms with Gasteiger partial charge in [-0.1, -0.05) is 25.0 Å². The molecular formula is C13H17NO2. The van der Waals surface area contributed by atoms with E-state index < -0.39 is 5.41 Å². The van der Waals surface area contributed by atoms with Gasteiger partial charge in [0.1, 0.15) is 5.75 Å². The van der Waals surface area contributed by atoms with Crippen LogP contribution in [-0.4, -0.2) is 17.4 Å². The average molecular weight is 219 g/mol. The van der Waals surface area contributed by atoms with Gasteiger partial charge in [0, 0.05) is 12.0 Å². The average Bonchev–Trinajstić information content (AvgIpc) is 2.78. The number of rotatable bonds is 3. The van der Waals surface area contributed by atoms with Gasteiger partial charge in [0.25, 0.3) is 0 Å². The predicted octanol–water partition coefficient (Wildman–Crippen LogP) is 2.09. The number of phenols is 1. The van der Waals surface area contributed by atoms with E-state index >= 15 is 0 Å². The van der Waals surface area contributed by atoms with Crippen molar-refractivity contribution in [2.24, 2.45) is 11.1 Å². The van der Waals surface area contributed by atoms with Crippen LogP contribution in [0.25, 0.3) is 0 Å². The Bertz CT molecular complexity index is 395. The summed E-state index contributed by atoms with van der Waals surface area (Å²) in [6.07, 6.45) is 3.79. The van der Waals surface area contributed by atoms with Gasteiger partial charge in [-0.05, 0) is 25.0 Å². The second-order valence-electron chi connectivity index (χ2n) is 4.54. The molecule has 0 unspecified atom stereocenters. The number of nitrogens with two attached hydrogens (primary N) is 1. The Hall–Kier alpha value is -1.35. The highest BCUT2D eigenvalue weighted by molar-refractivity contribution is 6.03. The Morgan fingerprint density at radius 2 is 1.94 bits per heavy atom. The molecule has 1 aromatic carbocycles. The van der Waals surface area contributed by atoms with Gasteiger partial charge in [0.2, 0.25) is 0 Å². The van der Waals surface area contributed by atoms with Gasteiger partial charge >= 0.3 is 0 Å². The minimum absolute atomic E-state index is 0.00519. The number of benzene rings is 1. The van der Waals surface area contributed by atoms with Crippen molar-refractivity contribution in [2.75, 3.05) is 6.54 Å². The van der Waals surface area contributed by atoms with E-state index in [4.69, 9.17) is 5.73 Å². The first-order valence-electron chi connectivity index (χ1n) is 5.72. The van der Waals surface area contributed by atoms with E-state index in [0.717, 1.165) is 25.7 Å². The molecule has 1 fully saturated rings. The molecule has 0 bridgehead atoms. The first kappa shape index (κ1) is 11.1. The van der Waals surface area contributed by atoms with E-state index in [9.17, 15) is 9.90 Å². The largest absolute Gasteiger partial charge is 0.507 e. The van der Waals surface area contributed by atoms with Crippen LogP contribution in [0.5, 0.6) is 5.75 Å². The zero-order chi connectivity index (χ0) is 11.6. The normalized spacial score (nSPS) is 18.6. The molecule has 0 aliphatic heterocycles. The molecule has 1 aromatic rings. The Labute approximate surface area is 95.3 Å². The molecule has 0 amide bonds. The standard InChI is InChI=1S/C13H17NO2/c14-9-13(7-3-4-8-13)12(16)10-5-1-2-6-11(10)15/h1-2,5-6,15H,3-4,7-9,14H2. The highest BCUT2D eigenvalue weighted by atomic mass is 16.3. The van der Waals surface area contributed by atoms with Crippen molar-refractivity contribution in [3.05, 3.63) is 29.8 Å². The summed E-state index contributed by atoms with van der Waals surface area (Å²) in [5.74, 6) is 0.0674. The summed E-state index contributed by atoms with van der Waals surface area (Å²) < 4.78 is 0. The molecule has 0 atom stereocenters. The fourth-order valence-electron chi connectivity index (χ4n) is 2.53. The van der Waals surface area contributed by atoms with Gasteiger partial charge in [-0.15, -0.1) is 0 Å². The van der Waals surface area contributed by atoms with Gasteiger partial charge in [0.15, 0.2) is 5.78 Å². The minimum Gasteiger partial charge on any atom is -0.507 e. The number of carbonyl (C=O) groups is 1. The van der Waals surface area contributed by atoms with Gasteiger partial charge < -0.3 is 10.8 Å². The molecule has 0 saturated heterocycles. The number of ketones is 1. The highest BCUT2D eigenvalue weighted by Gasteiger charge is 2.40. The van der Waals surface area contributed by atoms with Crippen LogP contribution in [0.2, 0.25) is 0 Å². The lowest BCUT2D eigenvalue weighted by atomic mass is 9.78. The summed E-state index contributed by atoms with van der Waals surface area (Å²) in [5.41, 5.74) is 5.73. The molecule has 1 saturated carbocycles. The minimum atomic E-state index is -0.432. The zero-order valence-corrected chi connectivity index (χ0v) is 9.28. The van der Waals surface area contributed by atoms with Gasteiger partial charge in [-0.25, -0.2) is 0 Å². The SMILES string of the molecule is NCC1(C(=O)c2ccccc2O)CCCC1. The van der Waals surface area contributed by atoms with Crippen LogP contribution < -0.4 is 5.73 Å². The fraction of sp³-hybridized carbons (Fsp3) is 0.462. The molecule has 86 valence electrons. The molecule has 1 aliphatic carbocycles. The maximum Gasteiger partial charge on any atom is 0.173 e.